The first-order valence-corrected chi connectivity index (χ1v) is 7.32. The van der Waals surface area contributed by atoms with Crippen LogP contribution in [0.4, 0.5) is 11.4 Å². The zero-order valence-electron chi connectivity index (χ0n) is 12.5. The van der Waals surface area contributed by atoms with E-state index in [1.807, 2.05) is 6.07 Å². The standard InChI is InChI=1S/C15H23N3O2/c1-4-17(5-2)10-13-7-6-12-8-11(3)15(18(19)20)9-14(12)16-13/h8-9,13,16H,4-7,10H2,1-3H3. The maximum atomic E-state index is 11.0. The minimum atomic E-state index is -0.300. The van der Waals surface area contributed by atoms with E-state index in [1.54, 1.807) is 13.0 Å². The van der Waals surface area contributed by atoms with Crippen molar-refractivity contribution in [1.29, 1.82) is 0 Å². The van der Waals surface area contributed by atoms with Crippen LogP contribution in [-0.2, 0) is 6.42 Å². The van der Waals surface area contributed by atoms with Gasteiger partial charge in [-0.05, 0) is 44.5 Å². The van der Waals surface area contributed by atoms with E-state index in [4.69, 9.17) is 0 Å². The van der Waals surface area contributed by atoms with Crippen LogP contribution in [0.1, 0.15) is 31.4 Å². The molecule has 110 valence electrons. The second kappa shape index (κ2) is 6.22. The van der Waals surface area contributed by atoms with Crippen molar-refractivity contribution in [3.05, 3.63) is 33.4 Å². The number of benzene rings is 1. The minimum absolute atomic E-state index is 0.208. The number of likely N-dealkylation sites (N-methyl/N-ethyl adjacent to an activating group) is 1. The van der Waals surface area contributed by atoms with E-state index >= 15 is 0 Å². The molecule has 0 aliphatic carbocycles. The van der Waals surface area contributed by atoms with Gasteiger partial charge in [0.15, 0.2) is 0 Å². The Labute approximate surface area is 120 Å². The SMILES string of the molecule is CCN(CC)CC1CCc2cc(C)c([N+](=O)[O-])cc2N1. The van der Waals surface area contributed by atoms with Gasteiger partial charge in [-0.3, -0.25) is 10.1 Å². The first kappa shape index (κ1) is 14.8. The molecule has 0 saturated heterocycles. The zero-order chi connectivity index (χ0) is 14.7. The lowest BCUT2D eigenvalue weighted by molar-refractivity contribution is -0.385. The third-order valence-electron chi connectivity index (χ3n) is 4.11. The molecule has 0 amide bonds. The van der Waals surface area contributed by atoms with E-state index < -0.39 is 0 Å². The Morgan fingerprint density at radius 3 is 2.70 bits per heavy atom. The topological polar surface area (TPSA) is 58.4 Å². The first-order chi connectivity index (χ1) is 9.55. The molecule has 1 N–H and O–H groups in total. The monoisotopic (exact) mass is 277 g/mol. The van der Waals surface area contributed by atoms with E-state index in [2.05, 4.69) is 24.1 Å². The Hall–Kier alpha value is -1.62. The molecule has 1 aromatic carbocycles. The van der Waals surface area contributed by atoms with Crippen molar-refractivity contribution in [2.45, 2.75) is 39.7 Å². The van der Waals surface area contributed by atoms with Gasteiger partial charge >= 0.3 is 0 Å². The molecule has 1 heterocycles. The largest absolute Gasteiger partial charge is 0.381 e. The van der Waals surface area contributed by atoms with Crippen LogP contribution in [0.15, 0.2) is 12.1 Å². The highest BCUT2D eigenvalue weighted by atomic mass is 16.6. The molecule has 5 nitrogen and oxygen atoms in total. The van der Waals surface area contributed by atoms with E-state index in [9.17, 15) is 10.1 Å². The van der Waals surface area contributed by atoms with Gasteiger partial charge in [0, 0.05) is 29.9 Å². The molecule has 0 bridgehead atoms. The average molecular weight is 277 g/mol. The summed E-state index contributed by atoms with van der Waals surface area (Å²) in [7, 11) is 0. The van der Waals surface area contributed by atoms with Crippen LogP contribution in [0.25, 0.3) is 0 Å². The first-order valence-electron chi connectivity index (χ1n) is 7.32. The third-order valence-corrected chi connectivity index (χ3v) is 4.11. The van der Waals surface area contributed by atoms with Crippen molar-refractivity contribution in [3.8, 4) is 0 Å². The maximum Gasteiger partial charge on any atom is 0.274 e. The summed E-state index contributed by atoms with van der Waals surface area (Å²) in [5.74, 6) is 0. The van der Waals surface area contributed by atoms with Crippen LogP contribution >= 0.6 is 0 Å². The number of nitro benzene ring substituents is 1. The summed E-state index contributed by atoms with van der Waals surface area (Å²) in [4.78, 5) is 13.1. The molecule has 1 aromatic rings. The summed E-state index contributed by atoms with van der Waals surface area (Å²) in [5.41, 5.74) is 3.09. The molecule has 1 unspecified atom stereocenters. The van der Waals surface area contributed by atoms with Gasteiger partial charge in [0.2, 0.25) is 0 Å². The Bertz CT molecular complexity index is 498. The number of rotatable bonds is 5. The number of hydrogen-bond donors (Lipinski definition) is 1. The third kappa shape index (κ3) is 3.10. The van der Waals surface area contributed by atoms with E-state index in [1.165, 1.54) is 5.56 Å². The van der Waals surface area contributed by atoms with Crippen LogP contribution in [0.2, 0.25) is 0 Å². The Kier molecular flexibility index (Phi) is 4.60. The number of anilines is 1. The smallest absolute Gasteiger partial charge is 0.274 e. The molecule has 20 heavy (non-hydrogen) atoms. The number of nitrogens with zero attached hydrogens (tertiary/aromatic N) is 2. The highest BCUT2D eigenvalue weighted by Gasteiger charge is 2.23. The van der Waals surface area contributed by atoms with Crippen LogP contribution < -0.4 is 5.32 Å². The average Bonchev–Trinajstić information content (AvgIpc) is 2.43. The van der Waals surface area contributed by atoms with Gasteiger partial charge < -0.3 is 10.2 Å². The Morgan fingerprint density at radius 2 is 2.10 bits per heavy atom. The van der Waals surface area contributed by atoms with Crippen molar-refractivity contribution >= 4 is 11.4 Å². The predicted octanol–water partition coefficient (Wildman–Crippen LogP) is 2.97. The summed E-state index contributed by atoms with van der Waals surface area (Å²) in [6.07, 6.45) is 2.08. The van der Waals surface area contributed by atoms with Gasteiger partial charge in [-0.1, -0.05) is 13.8 Å². The zero-order valence-corrected chi connectivity index (χ0v) is 12.5. The maximum absolute atomic E-state index is 11.0. The number of aryl methyl sites for hydroxylation is 2. The van der Waals surface area contributed by atoms with E-state index in [0.717, 1.165) is 43.7 Å². The van der Waals surface area contributed by atoms with Gasteiger partial charge in [-0.25, -0.2) is 0 Å². The number of hydrogen-bond acceptors (Lipinski definition) is 4. The van der Waals surface area contributed by atoms with Crippen LogP contribution in [0.3, 0.4) is 0 Å². The normalized spacial score (nSPS) is 17.7. The van der Waals surface area contributed by atoms with Crippen molar-refractivity contribution < 1.29 is 4.92 Å². The fourth-order valence-corrected chi connectivity index (χ4v) is 2.85. The summed E-state index contributed by atoms with van der Waals surface area (Å²) >= 11 is 0. The van der Waals surface area contributed by atoms with Gasteiger partial charge in [0.05, 0.1) is 4.92 Å². The van der Waals surface area contributed by atoms with Crippen LogP contribution in [0.5, 0.6) is 0 Å². The van der Waals surface area contributed by atoms with Crippen molar-refractivity contribution in [2.75, 3.05) is 25.0 Å². The summed E-state index contributed by atoms with van der Waals surface area (Å²) < 4.78 is 0. The van der Waals surface area contributed by atoms with Crippen LogP contribution in [0, 0.1) is 17.0 Å². The molecular weight excluding hydrogens is 254 g/mol. The molecular formula is C15H23N3O2. The van der Waals surface area contributed by atoms with Gasteiger partial charge in [0.1, 0.15) is 0 Å². The molecule has 1 aliphatic rings. The fraction of sp³-hybridized carbons (Fsp3) is 0.600. The van der Waals surface area contributed by atoms with Crippen molar-refractivity contribution in [2.24, 2.45) is 0 Å². The summed E-state index contributed by atoms with van der Waals surface area (Å²) in [6.45, 7) is 9.20. The molecule has 0 saturated carbocycles. The minimum Gasteiger partial charge on any atom is -0.381 e. The highest BCUT2D eigenvalue weighted by molar-refractivity contribution is 5.62. The molecule has 1 atom stereocenters. The summed E-state index contributed by atoms with van der Waals surface area (Å²) in [5, 5.41) is 14.5. The Morgan fingerprint density at radius 1 is 1.40 bits per heavy atom. The van der Waals surface area contributed by atoms with Gasteiger partial charge in [0.25, 0.3) is 5.69 Å². The lowest BCUT2D eigenvalue weighted by Crippen LogP contribution is -2.38. The van der Waals surface area contributed by atoms with E-state index in [0.29, 0.717) is 6.04 Å². The number of nitro groups is 1. The van der Waals surface area contributed by atoms with Crippen LogP contribution in [-0.4, -0.2) is 35.5 Å². The summed E-state index contributed by atoms with van der Waals surface area (Å²) in [6, 6.07) is 4.03. The molecule has 0 fully saturated rings. The highest BCUT2D eigenvalue weighted by Crippen LogP contribution is 2.31. The van der Waals surface area contributed by atoms with Gasteiger partial charge in [-0.2, -0.15) is 0 Å². The molecule has 0 radical (unpaired) electrons. The lowest BCUT2D eigenvalue weighted by Gasteiger charge is -2.31. The second-order valence-electron chi connectivity index (χ2n) is 5.42. The molecule has 5 heteroatoms. The second-order valence-corrected chi connectivity index (χ2v) is 5.42. The number of nitrogens with one attached hydrogen (secondary N) is 1. The molecule has 0 spiro atoms. The lowest BCUT2D eigenvalue weighted by atomic mass is 9.95. The molecule has 2 rings (SSSR count). The number of fused-ring (bicyclic) bond motifs is 1. The quantitative estimate of drug-likeness (QED) is 0.664. The Balaban J connectivity index is 2.16. The molecule has 1 aliphatic heterocycles. The van der Waals surface area contributed by atoms with Crippen molar-refractivity contribution in [1.82, 2.24) is 4.90 Å². The van der Waals surface area contributed by atoms with Crippen molar-refractivity contribution in [3.63, 3.8) is 0 Å². The molecule has 0 aromatic heterocycles. The fourth-order valence-electron chi connectivity index (χ4n) is 2.85. The van der Waals surface area contributed by atoms with Gasteiger partial charge in [-0.15, -0.1) is 0 Å². The van der Waals surface area contributed by atoms with E-state index in [-0.39, 0.29) is 10.6 Å². The predicted molar refractivity (Wildman–Crippen MR) is 81.4 cm³/mol.